The molecule has 4 rings (SSSR count). The summed E-state index contributed by atoms with van der Waals surface area (Å²) in [7, 11) is -0.168. The van der Waals surface area contributed by atoms with Gasteiger partial charge in [-0.05, 0) is 80.1 Å². The van der Waals surface area contributed by atoms with Crippen LogP contribution in [0.2, 0.25) is 0 Å². The molecule has 0 saturated carbocycles. The van der Waals surface area contributed by atoms with Crippen LogP contribution in [0.4, 0.5) is 0 Å². The largest absolute Gasteiger partial charge is 0.508 e. The second kappa shape index (κ2) is 8.68. The van der Waals surface area contributed by atoms with Gasteiger partial charge in [-0.2, -0.15) is 0 Å². The van der Waals surface area contributed by atoms with Crippen molar-refractivity contribution in [2.45, 2.75) is 34.1 Å². The van der Waals surface area contributed by atoms with E-state index in [0.29, 0.717) is 0 Å². The number of aromatic hydroxyl groups is 1. The molecule has 0 aliphatic rings. The molecule has 0 fully saturated rings. The molecule has 0 heterocycles. The first-order valence-corrected chi connectivity index (χ1v) is 11.2. The van der Waals surface area contributed by atoms with Crippen molar-refractivity contribution in [3.63, 3.8) is 0 Å². The molecule has 4 aromatic carbocycles. The van der Waals surface area contributed by atoms with Crippen LogP contribution >= 0.6 is 0 Å². The molecule has 0 unspecified atom stereocenters. The van der Waals surface area contributed by atoms with E-state index < -0.39 is 5.60 Å². The van der Waals surface area contributed by atoms with Crippen molar-refractivity contribution < 1.29 is 9.84 Å². The van der Waals surface area contributed by atoms with Gasteiger partial charge in [0.05, 0.1) is 10.9 Å². The van der Waals surface area contributed by atoms with Crippen molar-refractivity contribution in [1.82, 2.24) is 0 Å². The zero-order valence-electron chi connectivity index (χ0n) is 17.2. The summed E-state index contributed by atoms with van der Waals surface area (Å²) in [5.74, 6) is 1.08. The van der Waals surface area contributed by atoms with E-state index in [9.17, 15) is 5.11 Å². The van der Waals surface area contributed by atoms with Crippen molar-refractivity contribution in [3.8, 4) is 11.5 Å². The van der Waals surface area contributed by atoms with Gasteiger partial charge in [0.25, 0.3) is 0 Å². The minimum absolute atomic E-state index is 0.168. The van der Waals surface area contributed by atoms with Crippen LogP contribution in [0.25, 0.3) is 0 Å². The van der Waals surface area contributed by atoms with Gasteiger partial charge in [-0.3, -0.25) is 0 Å². The number of phenolic OH excluding ortho intramolecular Hbond substituents is 1. The topological polar surface area (TPSA) is 29.5 Å². The quantitative estimate of drug-likeness (QED) is 0.352. The molecule has 0 atom stereocenters. The Morgan fingerprint density at radius 3 is 1.57 bits per heavy atom. The minimum Gasteiger partial charge on any atom is -0.508 e. The Kier molecular flexibility index (Phi) is 5.82. The zero-order chi connectivity index (χ0) is 21.0. The Labute approximate surface area is 181 Å². The van der Waals surface area contributed by atoms with Gasteiger partial charge in [-0.15, -0.1) is 0 Å². The smallest absolute Gasteiger partial charge is 0.166 e. The highest BCUT2D eigenvalue weighted by atomic mass is 32.2. The van der Waals surface area contributed by atoms with Crippen LogP contribution in [0.15, 0.2) is 124 Å². The van der Waals surface area contributed by atoms with Crippen LogP contribution in [0.3, 0.4) is 0 Å². The number of benzene rings is 4. The first kappa shape index (κ1) is 20.1. The van der Waals surface area contributed by atoms with Gasteiger partial charge in [0.15, 0.2) is 14.7 Å². The highest BCUT2D eigenvalue weighted by Gasteiger charge is 2.29. The SMILES string of the molecule is CC(C)(Oc1ccc([S+](c2ccccc2)c2ccccc2)cc1)c1ccc(O)cc1. The van der Waals surface area contributed by atoms with Crippen LogP contribution in [0, 0.1) is 0 Å². The molecule has 2 nitrogen and oxygen atoms in total. The highest BCUT2D eigenvalue weighted by Crippen LogP contribution is 2.34. The van der Waals surface area contributed by atoms with Gasteiger partial charge < -0.3 is 9.84 Å². The third-order valence-electron chi connectivity index (χ3n) is 4.95. The fourth-order valence-electron chi connectivity index (χ4n) is 3.38. The molecule has 4 aromatic rings. The fourth-order valence-corrected chi connectivity index (χ4v) is 5.46. The van der Waals surface area contributed by atoms with Gasteiger partial charge in [-0.25, -0.2) is 0 Å². The lowest BCUT2D eigenvalue weighted by Gasteiger charge is -2.27. The van der Waals surface area contributed by atoms with Gasteiger partial charge in [0.1, 0.15) is 17.1 Å². The van der Waals surface area contributed by atoms with Crippen molar-refractivity contribution in [1.29, 1.82) is 0 Å². The highest BCUT2D eigenvalue weighted by molar-refractivity contribution is 7.97. The summed E-state index contributed by atoms with van der Waals surface area (Å²) in [6.45, 7) is 4.07. The maximum atomic E-state index is 9.54. The summed E-state index contributed by atoms with van der Waals surface area (Å²) in [5.41, 5.74) is 0.508. The number of hydrogen-bond donors (Lipinski definition) is 1. The fraction of sp³-hybridized carbons (Fsp3) is 0.111. The van der Waals surface area contributed by atoms with E-state index in [4.69, 9.17) is 4.74 Å². The Bertz CT molecular complexity index is 1030. The third-order valence-corrected chi connectivity index (χ3v) is 7.18. The summed E-state index contributed by atoms with van der Waals surface area (Å²) < 4.78 is 6.30. The number of rotatable bonds is 6. The van der Waals surface area contributed by atoms with Crippen LogP contribution in [0.5, 0.6) is 11.5 Å². The van der Waals surface area contributed by atoms with E-state index in [-0.39, 0.29) is 16.6 Å². The Balaban J connectivity index is 1.62. The molecule has 0 aromatic heterocycles. The van der Waals surface area contributed by atoms with Crippen LogP contribution < -0.4 is 4.74 Å². The van der Waals surface area contributed by atoms with E-state index in [1.165, 1.54) is 14.7 Å². The lowest BCUT2D eigenvalue weighted by molar-refractivity contribution is 0.108. The van der Waals surface area contributed by atoms with Crippen molar-refractivity contribution in [3.05, 3.63) is 115 Å². The van der Waals surface area contributed by atoms with E-state index in [2.05, 4.69) is 72.8 Å². The molecule has 150 valence electrons. The molecule has 3 heteroatoms. The second-order valence-electron chi connectivity index (χ2n) is 7.56. The van der Waals surface area contributed by atoms with E-state index >= 15 is 0 Å². The average molecular weight is 414 g/mol. The first-order chi connectivity index (χ1) is 14.5. The maximum absolute atomic E-state index is 9.54. The normalized spacial score (nSPS) is 11.4. The van der Waals surface area contributed by atoms with E-state index in [1.807, 2.05) is 38.1 Å². The molecular weight excluding hydrogens is 388 g/mol. The van der Waals surface area contributed by atoms with Gasteiger partial charge in [-0.1, -0.05) is 48.5 Å². The Morgan fingerprint density at radius 2 is 1.07 bits per heavy atom. The molecule has 0 saturated heterocycles. The number of hydrogen-bond acceptors (Lipinski definition) is 2. The molecule has 1 N–H and O–H groups in total. The van der Waals surface area contributed by atoms with Gasteiger partial charge >= 0.3 is 0 Å². The van der Waals surface area contributed by atoms with Gasteiger partial charge in [0, 0.05) is 0 Å². The van der Waals surface area contributed by atoms with Crippen molar-refractivity contribution in [2.24, 2.45) is 0 Å². The third kappa shape index (κ3) is 4.52. The summed E-state index contributed by atoms with van der Waals surface area (Å²) in [5, 5.41) is 9.54. The summed E-state index contributed by atoms with van der Waals surface area (Å²) in [4.78, 5) is 3.84. The van der Waals surface area contributed by atoms with Crippen LogP contribution in [-0.2, 0) is 16.5 Å². The maximum Gasteiger partial charge on any atom is 0.166 e. The molecule has 0 aliphatic heterocycles. The number of ether oxygens (including phenoxy) is 1. The Hall–Kier alpha value is -3.17. The van der Waals surface area contributed by atoms with E-state index in [1.54, 1.807) is 12.1 Å². The molecule has 0 amide bonds. The molecule has 30 heavy (non-hydrogen) atoms. The lowest BCUT2D eigenvalue weighted by Crippen LogP contribution is -2.25. The van der Waals surface area contributed by atoms with Crippen molar-refractivity contribution in [2.75, 3.05) is 0 Å². The zero-order valence-corrected chi connectivity index (χ0v) is 18.0. The standard InChI is InChI=1S/C27H24O2S/c1-27(2,21-13-15-22(28)16-14-21)29-23-17-19-26(20-18-23)30(24-9-5-3-6-10-24)25-11-7-4-8-12-25/h3-20H,1-2H3/p+1. The second-order valence-corrected chi connectivity index (χ2v) is 9.59. The van der Waals surface area contributed by atoms with Crippen LogP contribution in [0.1, 0.15) is 19.4 Å². The predicted molar refractivity (Wildman–Crippen MR) is 123 cm³/mol. The average Bonchev–Trinajstić information content (AvgIpc) is 2.77. The number of phenols is 1. The molecular formula is C27H25O2S+. The molecule has 0 bridgehead atoms. The van der Waals surface area contributed by atoms with Crippen molar-refractivity contribution >= 4 is 10.9 Å². The summed E-state index contributed by atoms with van der Waals surface area (Å²) in [6.07, 6.45) is 0. The molecule has 0 spiro atoms. The minimum atomic E-state index is -0.504. The first-order valence-electron chi connectivity index (χ1n) is 9.96. The predicted octanol–water partition coefficient (Wildman–Crippen LogP) is 6.80. The summed E-state index contributed by atoms with van der Waals surface area (Å²) in [6, 6.07) is 36.8. The van der Waals surface area contributed by atoms with Gasteiger partial charge in [0.2, 0.25) is 0 Å². The monoisotopic (exact) mass is 413 g/mol. The van der Waals surface area contributed by atoms with Crippen LogP contribution in [-0.4, -0.2) is 5.11 Å². The molecule has 0 radical (unpaired) electrons. The molecule has 0 aliphatic carbocycles. The van der Waals surface area contributed by atoms with E-state index in [0.717, 1.165) is 11.3 Å². The Morgan fingerprint density at radius 1 is 0.600 bits per heavy atom. The lowest BCUT2D eigenvalue weighted by atomic mass is 9.98. The summed E-state index contributed by atoms with van der Waals surface area (Å²) >= 11 is 0.